The van der Waals surface area contributed by atoms with E-state index in [1.54, 1.807) is 37.6 Å². The lowest BCUT2D eigenvalue weighted by Crippen LogP contribution is -2.22. The zero-order chi connectivity index (χ0) is 21.6. The monoisotopic (exact) mass is 408 g/mol. The summed E-state index contributed by atoms with van der Waals surface area (Å²) in [5.41, 5.74) is 4.81. The molecule has 31 heavy (non-hydrogen) atoms. The molecule has 6 heteroatoms. The number of hydrogen-bond donors (Lipinski definition) is 2. The summed E-state index contributed by atoms with van der Waals surface area (Å²) in [6.45, 7) is 0.394. The minimum Gasteiger partial charge on any atom is -0.497 e. The Morgan fingerprint density at radius 2 is 1.81 bits per heavy atom. The van der Waals surface area contributed by atoms with Crippen LogP contribution in [0.5, 0.6) is 5.75 Å². The van der Waals surface area contributed by atoms with Crippen molar-refractivity contribution in [3.8, 4) is 34.5 Å². The molecule has 0 radical (unpaired) electrons. The van der Waals surface area contributed by atoms with Gasteiger partial charge in [-0.25, -0.2) is 4.98 Å². The van der Waals surface area contributed by atoms with Gasteiger partial charge in [-0.05, 0) is 53.6 Å². The molecule has 0 atom stereocenters. The number of nitrogens with zero attached hydrogens (tertiary/aromatic N) is 2. The van der Waals surface area contributed by atoms with Gasteiger partial charge in [0, 0.05) is 17.7 Å². The van der Waals surface area contributed by atoms with Gasteiger partial charge in [-0.1, -0.05) is 30.3 Å². The van der Waals surface area contributed by atoms with E-state index in [4.69, 9.17) is 10.00 Å². The maximum atomic E-state index is 12.3. The molecule has 0 aliphatic rings. The standard InChI is InChI=1S/C25H20N4O2/c1-31-22-11-9-19(10-12-22)23-16-27-24(29-23)20-7-5-17(6-8-20)15-28-25(30)21-4-2-3-18(13-21)14-26/h2-13,16H,15H2,1H3,(H,27,29)(H,28,30). The van der Waals surface area contributed by atoms with Gasteiger partial charge in [-0.3, -0.25) is 4.79 Å². The van der Waals surface area contributed by atoms with E-state index in [1.807, 2.05) is 54.6 Å². The first-order valence-corrected chi connectivity index (χ1v) is 9.73. The van der Waals surface area contributed by atoms with Crippen molar-refractivity contribution >= 4 is 5.91 Å². The molecule has 0 aliphatic carbocycles. The van der Waals surface area contributed by atoms with Crippen LogP contribution >= 0.6 is 0 Å². The molecular weight excluding hydrogens is 388 g/mol. The molecule has 1 heterocycles. The second kappa shape index (κ2) is 8.97. The van der Waals surface area contributed by atoms with E-state index in [9.17, 15) is 4.79 Å². The Kier molecular flexibility index (Phi) is 5.77. The molecule has 1 aromatic heterocycles. The van der Waals surface area contributed by atoms with Crippen molar-refractivity contribution in [3.05, 3.63) is 95.7 Å². The van der Waals surface area contributed by atoms with Crippen LogP contribution in [0.2, 0.25) is 0 Å². The van der Waals surface area contributed by atoms with Crippen molar-refractivity contribution < 1.29 is 9.53 Å². The highest BCUT2D eigenvalue weighted by Crippen LogP contribution is 2.24. The first kappa shape index (κ1) is 19.9. The molecule has 0 unspecified atom stereocenters. The molecule has 0 saturated heterocycles. The molecule has 4 rings (SSSR count). The summed E-state index contributed by atoms with van der Waals surface area (Å²) >= 11 is 0. The Labute approximate surface area is 180 Å². The van der Waals surface area contributed by atoms with E-state index in [0.717, 1.165) is 34.0 Å². The van der Waals surface area contributed by atoms with Gasteiger partial charge >= 0.3 is 0 Å². The summed E-state index contributed by atoms with van der Waals surface area (Å²) in [6.07, 6.45) is 1.81. The van der Waals surface area contributed by atoms with Gasteiger partial charge in [0.15, 0.2) is 0 Å². The van der Waals surface area contributed by atoms with Gasteiger partial charge in [0.2, 0.25) is 0 Å². The Bertz CT molecular complexity index is 1240. The predicted octanol–water partition coefficient (Wildman–Crippen LogP) is 4.55. The minimum atomic E-state index is -0.212. The maximum absolute atomic E-state index is 12.3. The quantitative estimate of drug-likeness (QED) is 0.490. The summed E-state index contributed by atoms with van der Waals surface area (Å²) in [5, 5.41) is 11.8. The van der Waals surface area contributed by atoms with Crippen LogP contribution in [0.1, 0.15) is 21.5 Å². The van der Waals surface area contributed by atoms with Gasteiger partial charge in [0.25, 0.3) is 5.91 Å². The first-order chi connectivity index (χ1) is 15.2. The van der Waals surface area contributed by atoms with Crippen LogP contribution in [0, 0.1) is 11.3 Å². The summed E-state index contributed by atoms with van der Waals surface area (Å²) in [5.74, 6) is 1.37. The van der Waals surface area contributed by atoms with Crippen LogP contribution < -0.4 is 10.1 Å². The number of methoxy groups -OCH3 is 1. The lowest BCUT2D eigenvalue weighted by atomic mass is 10.1. The van der Waals surface area contributed by atoms with Gasteiger partial charge in [0.05, 0.1) is 30.6 Å². The van der Waals surface area contributed by atoms with Crippen molar-refractivity contribution in [2.45, 2.75) is 6.54 Å². The number of benzene rings is 3. The maximum Gasteiger partial charge on any atom is 0.251 e. The second-order valence-electron chi connectivity index (χ2n) is 6.95. The molecule has 4 aromatic rings. The highest BCUT2D eigenvalue weighted by atomic mass is 16.5. The molecule has 3 aromatic carbocycles. The van der Waals surface area contributed by atoms with Crippen LogP contribution in [-0.4, -0.2) is 23.0 Å². The first-order valence-electron chi connectivity index (χ1n) is 9.73. The molecule has 0 aliphatic heterocycles. The third-order valence-corrected chi connectivity index (χ3v) is 4.91. The molecule has 0 fully saturated rings. The van der Waals surface area contributed by atoms with Crippen molar-refractivity contribution in [1.82, 2.24) is 15.3 Å². The van der Waals surface area contributed by atoms with Crippen LogP contribution in [0.15, 0.2) is 79.0 Å². The number of hydrogen-bond acceptors (Lipinski definition) is 4. The molecule has 0 bridgehead atoms. The van der Waals surface area contributed by atoms with Crippen LogP contribution in [0.25, 0.3) is 22.6 Å². The fourth-order valence-electron chi connectivity index (χ4n) is 3.18. The van der Waals surface area contributed by atoms with Crippen molar-refractivity contribution in [3.63, 3.8) is 0 Å². The second-order valence-corrected chi connectivity index (χ2v) is 6.95. The zero-order valence-electron chi connectivity index (χ0n) is 16.9. The lowest BCUT2D eigenvalue weighted by molar-refractivity contribution is 0.0951. The van der Waals surface area contributed by atoms with E-state index in [-0.39, 0.29) is 5.91 Å². The number of rotatable bonds is 6. The topological polar surface area (TPSA) is 90.8 Å². The average molecular weight is 408 g/mol. The Morgan fingerprint density at radius 3 is 2.52 bits per heavy atom. The van der Waals surface area contributed by atoms with Crippen molar-refractivity contribution in [2.75, 3.05) is 7.11 Å². The van der Waals surface area contributed by atoms with Crippen LogP contribution in [0.3, 0.4) is 0 Å². The van der Waals surface area contributed by atoms with E-state index >= 15 is 0 Å². The third-order valence-electron chi connectivity index (χ3n) is 4.91. The number of carbonyl (C=O) groups is 1. The highest BCUT2D eigenvalue weighted by molar-refractivity contribution is 5.94. The largest absolute Gasteiger partial charge is 0.497 e. The van der Waals surface area contributed by atoms with Gasteiger partial charge in [-0.2, -0.15) is 5.26 Å². The average Bonchev–Trinajstić information content (AvgIpc) is 3.33. The number of ether oxygens (including phenoxy) is 1. The molecule has 152 valence electrons. The number of amides is 1. The SMILES string of the molecule is COc1ccc(-c2cnc(-c3ccc(CNC(=O)c4cccc(C#N)c4)cc3)[nH]2)cc1. The Morgan fingerprint density at radius 1 is 1.06 bits per heavy atom. The van der Waals surface area contributed by atoms with Gasteiger partial charge in [0.1, 0.15) is 11.6 Å². The number of nitriles is 1. The van der Waals surface area contributed by atoms with Crippen LogP contribution in [-0.2, 0) is 6.54 Å². The fraction of sp³-hybridized carbons (Fsp3) is 0.0800. The number of nitrogens with one attached hydrogen (secondary N) is 2. The Balaban J connectivity index is 1.41. The normalized spacial score (nSPS) is 10.3. The number of imidazole rings is 1. The fourth-order valence-corrected chi connectivity index (χ4v) is 3.18. The molecule has 2 N–H and O–H groups in total. The summed E-state index contributed by atoms with van der Waals surface area (Å²) < 4.78 is 5.20. The van der Waals surface area contributed by atoms with E-state index in [1.165, 1.54) is 0 Å². The molecular formula is C25H20N4O2. The summed E-state index contributed by atoms with van der Waals surface area (Å²) in [6, 6.07) is 24.3. The number of H-pyrrole nitrogens is 1. The predicted molar refractivity (Wildman–Crippen MR) is 118 cm³/mol. The van der Waals surface area contributed by atoms with Crippen LogP contribution in [0.4, 0.5) is 0 Å². The van der Waals surface area contributed by atoms with Gasteiger partial charge in [-0.15, -0.1) is 0 Å². The highest BCUT2D eigenvalue weighted by Gasteiger charge is 2.08. The molecule has 1 amide bonds. The number of aromatic nitrogens is 2. The number of aromatic amines is 1. The number of carbonyl (C=O) groups excluding carboxylic acids is 1. The Hall–Kier alpha value is -4.37. The van der Waals surface area contributed by atoms with E-state index < -0.39 is 0 Å². The molecule has 0 saturated carbocycles. The van der Waals surface area contributed by atoms with Gasteiger partial charge < -0.3 is 15.0 Å². The molecule has 0 spiro atoms. The zero-order valence-corrected chi connectivity index (χ0v) is 16.9. The third kappa shape index (κ3) is 4.62. The summed E-state index contributed by atoms with van der Waals surface area (Å²) in [4.78, 5) is 20.1. The van der Waals surface area contributed by atoms with Crippen molar-refractivity contribution in [1.29, 1.82) is 5.26 Å². The van der Waals surface area contributed by atoms with E-state index in [2.05, 4.69) is 15.3 Å². The molecule has 6 nitrogen and oxygen atoms in total. The van der Waals surface area contributed by atoms with Crippen molar-refractivity contribution in [2.24, 2.45) is 0 Å². The van der Waals surface area contributed by atoms with E-state index in [0.29, 0.717) is 17.7 Å². The lowest BCUT2D eigenvalue weighted by Gasteiger charge is -2.06. The smallest absolute Gasteiger partial charge is 0.251 e. The summed E-state index contributed by atoms with van der Waals surface area (Å²) in [7, 11) is 1.64. The minimum absolute atomic E-state index is 0.212.